The summed E-state index contributed by atoms with van der Waals surface area (Å²) in [6.07, 6.45) is 9.98. The third-order valence-corrected chi connectivity index (χ3v) is 12.1. The first kappa shape index (κ1) is 36.1. The Kier molecular flexibility index (Phi) is 8.95. The lowest BCUT2D eigenvalue weighted by atomic mass is 9.82. The first-order chi connectivity index (χ1) is 28.9. The highest BCUT2D eigenvalue weighted by molar-refractivity contribution is 6.14. The number of halogens is 1. The molecule has 9 aromatic rings. The summed E-state index contributed by atoms with van der Waals surface area (Å²) >= 11 is 0. The Morgan fingerprint density at radius 1 is 0.559 bits per heavy atom. The summed E-state index contributed by atoms with van der Waals surface area (Å²) in [6, 6.07) is 60.0. The molecular weight excluding hydrogens is 720 g/mol. The number of allylic oxidation sites excluding steroid dienone is 5. The number of hydrogen-bond donors (Lipinski definition) is 0. The third-order valence-electron chi connectivity index (χ3n) is 12.1. The van der Waals surface area contributed by atoms with Crippen LogP contribution in [0.3, 0.4) is 0 Å². The van der Waals surface area contributed by atoms with Gasteiger partial charge in [0, 0.05) is 44.4 Å². The van der Waals surface area contributed by atoms with Crippen LogP contribution in [0.5, 0.6) is 0 Å². The maximum atomic E-state index is 17.4. The molecular formula is C56H43FN2. The van der Waals surface area contributed by atoms with Gasteiger partial charge in [-0.05, 0) is 87.7 Å². The quantitative estimate of drug-likeness (QED) is 0.105. The molecule has 10 rings (SSSR count). The van der Waals surface area contributed by atoms with E-state index in [9.17, 15) is 0 Å². The van der Waals surface area contributed by atoms with Crippen LogP contribution in [0.15, 0.2) is 207 Å². The molecule has 0 radical (unpaired) electrons. The van der Waals surface area contributed by atoms with Crippen LogP contribution in [-0.4, -0.2) is 4.40 Å². The van der Waals surface area contributed by atoms with E-state index >= 15 is 4.39 Å². The lowest BCUT2D eigenvalue weighted by molar-refractivity contribution is 0.622. The van der Waals surface area contributed by atoms with Crippen LogP contribution in [0, 0.1) is 5.82 Å². The van der Waals surface area contributed by atoms with E-state index < -0.39 is 0 Å². The highest BCUT2D eigenvalue weighted by Crippen LogP contribution is 2.51. The maximum absolute atomic E-state index is 17.4. The highest BCUT2D eigenvalue weighted by Gasteiger charge is 2.36. The van der Waals surface area contributed by atoms with Crippen LogP contribution in [0.1, 0.15) is 30.5 Å². The second kappa shape index (κ2) is 14.6. The number of para-hydroxylation sites is 1. The molecule has 3 heteroatoms. The van der Waals surface area contributed by atoms with Crippen LogP contribution in [0.2, 0.25) is 0 Å². The molecule has 0 bridgehead atoms. The van der Waals surface area contributed by atoms with Gasteiger partial charge < -0.3 is 9.30 Å². The fraction of sp³-hybridized carbons (Fsp3) is 0.0714. The van der Waals surface area contributed by atoms with Crippen molar-refractivity contribution >= 4 is 44.3 Å². The van der Waals surface area contributed by atoms with Crippen LogP contribution < -0.4 is 4.90 Å². The van der Waals surface area contributed by atoms with Gasteiger partial charge in [-0.25, -0.2) is 4.39 Å². The average molecular weight is 763 g/mol. The van der Waals surface area contributed by atoms with E-state index in [4.69, 9.17) is 0 Å². The van der Waals surface area contributed by atoms with Crippen molar-refractivity contribution < 1.29 is 4.39 Å². The minimum Gasteiger partial charge on any atom is -0.310 e. The molecule has 2 nitrogen and oxygen atoms in total. The van der Waals surface area contributed by atoms with Gasteiger partial charge in [-0.15, -0.1) is 0 Å². The lowest BCUT2D eigenvalue weighted by Crippen LogP contribution is -2.16. The summed E-state index contributed by atoms with van der Waals surface area (Å²) in [4.78, 5) is 2.32. The number of aromatic nitrogens is 1. The predicted octanol–water partition coefficient (Wildman–Crippen LogP) is 15.3. The minimum absolute atomic E-state index is 0.149. The van der Waals surface area contributed by atoms with E-state index in [2.05, 4.69) is 181 Å². The fourth-order valence-corrected chi connectivity index (χ4v) is 9.27. The Labute approximate surface area is 345 Å². The Morgan fingerprint density at radius 2 is 1.15 bits per heavy atom. The summed E-state index contributed by atoms with van der Waals surface area (Å²) in [6.45, 7) is 8.42. The van der Waals surface area contributed by atoms with Gasteiger partial charge in [-0.3, -0.25) is 0 Å². The average Bonchev–Trinajstić information content (AvgIpc) is 3.71. The summed E-state index contributed by atoms with van der Waals surface area (Å²) in [5.41, 5.74) is 14.5. The highest BCUT2D eigenvalue weighted by atomic mass is 19.1. The van der Waals surface area contributed by atoms with Gasteiger partial charge in [0.1, 0.15) is 0 Å². The van der Waals surface area contributed by atoms with Crippen LogP contribution >= 0.6 is 0 Å². The zero-order valence-electron chi connectivity index (χ0n) is 33.2. The Morgan fingerprint density at radius 3 is 1.90 bits per heavy atom. The Balaban J connectivity index is 1.14. The molecule has 0 atom stereocenters. The van der Waals surface area contributed by atoms with E-state index in [0.29, 0.717) is 17.7 Å². The number of benzene rings is 7. The first-order valence-electron chi connectivity index (χ1n) is 20.3. The smallest absolute Gasteiger partial charge is 0.153 e. The molecule has 0 aliphatic heterocycles. The molecule has 2 aromatic heterocycles. The van der Waals surface area contributed by atoms with Crippen molar-refractivity contribution in [2.24, 2.45) is 0 Å². The number of hydrogen-bond acceptors (Lipinski definition) is 1. The molecule has 0 N–H and O–H groups in total. The van der Waals surface area contributed by atoms with Gasteiger partial charge in [0.25, 0.3) is 0 Å². The summed E-state index contributed by atoms with van der Waals surface area (Å²) in [7, 11) is 0. The van der Waals surface area contributed by atoms with E-state index in [-0.39, 0.29) is 11.2 Å². The van der Waals surface area contributed by atoms with Crippen LogP contribution in [0.4, 0.5) is 21.5 Å². The standard InChI is InChI=1S/C56H43FN2/c1-4-5-6-7-11-24-49-53(57)54(59-52-26-17-15-22-47(52)44-20-12-13-23-48(44)55(49)59)40-29-33-42(34-30-40)58(41-31-27-39(28-32-41)38-18-9-8-10-19-38)43-35-36-46-45-21-14-16-25-50(45)56(2,3)51(46)37-43/h4-23,25-37H,1,24H2,2-3H3/b6-5-,11-7-. The zero-order chi connectivity index (χ0) is 40.1. The van der Waals surface area contributed by atoms with Crippen molar-refractivity contribution in [3.05, 3.63) is 229 Å². The molecule has 2 heterocycles. The van der Waals surface area contributed by atoms with Crippen LogP contribution in [0.25, 0.3) is 60.7 Å². The summed E-state index contributed by atoms with van der Waals surface area (Å²) in [5.74, 6) is -0.203. The predicted molar refractivity (Wildman–Crippen MR) is 248 cm³/mol. The van der Waals surface area contributed by atoms with Crippen molar-refractivity contribution in [1.29, 1.82) is 0 Å². The van der Waals surface area contributed by atoms with E-state index in [0.717, 1.165) is 55.4 Å². The van der Waals surface area contributed by atoms with Crippen molar-refractivity contribution in [2.75, 3.05) is 4.90 Å². The third kappa shape index (κ3) is 6.01. The number of pyridine rings is 1. The van der Waals surface area contributed by atoms with Crippen molar-refractivity contribution in [3.8, 4) is 33.5 Å². The molecule has 1 aliphatic rings. The Hall–Kier alpha value is -7.23. The maximum Gasteiger partial charge on any atom is 0.153 e. The van der Waals surface area contributed by atoms with E-state index in [1.807, 2.05) is 42.5 Å². The second-order valence-corrected chi connectivity index (χ2v) is 15.8. The number of nitrogens with zero attached hydrogens (tertiary/aromatic N) is 2. The molecule has 0 saturated carbocycles. The molecule has 0 unspecified atom stereocenters. The zero-order valence-corrected chi connectivity index (χ0v) is 33.2. The first-order valence-corrected chi connectivity index (χ1v) is 20.3. The van der Waals surface area contributed by atoms with Crippen LogP contribution in [-0.2, 0) is 11.8 Å². The lowest BCUT2D eigenvalue weighted by Gasteiger charge is -2.28. The molecule has 0 amide bonds. The molecule has 0 saturated heterocycles. The largest absolute Gasteiger partial charge is 0.310 e. The normalized spacial score (nSPS) is 13.1. The molecule has 0 spiro atoms. The second-order valence-electron chi connectivity index (χ2n) is 15.8. The SMILES string of the molecule is C=C/C=C\C=C/Cc1c(F)c(-c2ccc(N(c3ccc(-c4ccccc4)cc3)c3ccc4c(c3)C(C)(C)c3ccccc3-4)cc2)n2c3ccccc3c3ccccc3c12. The number of fused-ring (bicyclic) bond motifs is 9. The molecule has 7 aromatic carbocycles. The van der Waals surface area contributed by atoms with Gasteiger partial charge >= 0.3 is 0 Å². The monoisotopic (exact) mass is 762 g/mol. The van der Waals surface area contributed by atoms with Gasteiger partial charge in [0.2, 0.25) is 0 Å². The summed E-state index contributed by atoms with van der Waals surface area (Å²) < 4.78 is 19.5. The molecule has 59 heavy (non-hydrogen) atoms. The topological polar surface area (TPSA) is 7.65 Å². The van der Waals surface area contributed by atoms with E-state index in [1.54, 1.807) is 6.08 Å². The van der Waals surface area contributed by atoms with Crippen molar-refractivity contribution in [1.82, 2.24) is 4.40 Å². The fourth-order valence-electron chi connectivity index (χ4n) is 9.27. The van der Waals surface area contributed by atoms with E-state index in [1.165, 1.54) is 27.8 Å². The molecule has 1 aliphatic carbocycles. The van der Waals surface area contributed by atoms with Gasteiger partial charge in [-0.1, -0.05) is 178 Å². The van der Waals surface area contributed by atoms with Crippen molar-refractivity contribution in [2.45, 2.75) is 25.7 Å². The Bertz CT molecular complexity index is 3110. The molecule has 284 valence electrons. The minimum atomic E-state index is -0.203. The van der Waals surface area contributed by atoms with Crippen molar-refractivity contribution in [3.63, 3.8) is 0 Å². The van der Waals surface area contributed by atoms with Gasteiger partial charge in [-0.2, -0.15) is 0 Å². The molecule has 0 fully saturated rings. The summed E-state index contributed by atoms with van der Waals surface area (Å²) in [5, 5.41) is 3.23. The van der Waals surface area contributed by atoms with Gasteiger partial charge in [0.15, 0.2) is 5.82 Å². The van der Waals surface area contributed by atoms with Gasteiger partial charge in [0.05, 0.1) is 16.7 Å². The number of anilines is 3. The number of rotatable bonds is 9.